The largest absolute Gasteiger partial charge is 0.371 e. The second-order valence-electron chi connectivity index (χ2n) is 7.93. The lowest BCUT2D eigenvalue weighted by Gasteiger charge is -2.35. The first-order valence-corrected chi connectivity index (χ1v) is 10.5. The lowest BCUT2D eigenvalue weighted by Crippen LogP contribution is -2.46. The minimum Gasteiger partial charge on any atom is -0.371 e. The Morgan fingerprint density at radius 2 is 1.97 bits per heavy atom. The topological polar surface area (TPSA) is 53.9 Å². The molecule has 1 aromatic carbocycles. The fourth-order valence-electron chi connectivity index (χ4n) is 4.12. The molecule has 0 aliphatic carbocycles. The van der Waals surface area contributed by atoms with E-state index in [4.69, 9.17) is 0 Å². The second-order valence-corrected chi connectivity index (χ2v) is 7.93. The third-order valence-electron chi connectivity index (χ3n) is 5.56. The molecular weight excluding hydrogens is 358 g/mol. The predicted molar refractivity (Wildman–Crippen MR) is 118 cm³/mol. The monoisotopic (exact) mass is 387 g/mol. The fourth-order valence-corrected chi connectivity index (χ4v) is 4.12. The van der Waals surface area contributed by atoms with E-state index in [2.05, 4.69) is 62.4 Å². The van der Waals surface area contributed by atoms with E-state index in [-0.39, 0.29) is 0 Å². The van der Waals surface area contributed by atoms with Gasteiger partial charge in [0.05, 0.1) is 5.69 Å². The van der Waals surface area contributed by atoms with Crippen LogP contribution in [-0.4, -0.2) is 40.1 Å². The van der Waals surface area contributed by atoms with Crippen LogP contribution in [0.5, 0.6) is 0 Å². The van der Waals surface area contributed by atoms with Gasteiger partial charge in [0.1, 0.15) is 5.82 Å². The maximum atomic E-state index is 4.56. The standard InChI is InChI=1S/C24H29N5/c1-18(15-20-5-4-11-25-17-20)27-22-9-13-29(14-10-22)23-7-3-6-21(16-23)24-8-12-26-19(2)28-24/h3-8,11-12,16-18,22,27H,9-10,13-15H2,1-2H3/t18-/m0/s1. The summed E-state index contributed by atoms with van der Waals surface area (Å²) in [5.74, 6) is 0.806. The van der Waals surface area contributed by atoms with E-state index < -0.39 is 0 Å². The smallest absolute Gasteiger partial charge is 0.125 e. The molecule has 2 aromatic heterocycles. The first-order chi connectivity index (χ1) is 14.2. The van der Waals surface area contributed by atoms with Crippen molar-refractivity contribution in [3.8, 4) is 11.3 Å². The van der Waals surface area contributed by atoms with Crippen LogP contribution in [0.2, 0.25) is 0 Å². The van der Waals surface area contributed by atoms with E-state index in [1.807, 2.05) is 37.6 Å². The van der Waals surface area contributed by atoms with Crippen LogP contribution in [0.25, 0.3) is 11.3 Å². The van der Waals surface area contributed by atoms with E-state index in [0.717, 1.165) is 49.4 Å². The van der Waals surface area contributed by atoms with Crippen LogP contribution in [0.4, 0.5) is 5.69 Å². The number of nitrogens with zero attached hydrogens (tertiary/aromatic N) is 4. The van der Waals surface area contributed by atoms with Crippen molar-refractivity contribution in [1.29, 1.82) is 0 Å². The van der Waals surface area contributed by atoms with Crippen LogP contribution < -0.4 is 10.2 Å². The molecule has 0 amide bonds. The number of rotatable bonds is 6. The minimum absolute atomic E-state index is 0.458. The van der Waals surface area contributed by atoms with Gasteiger partial charge in [-0.1, -0.05) is 18.2 Å². The van der Waals surface area contributed by atoms with Crippen molar-refractivity contribution in [1.82, 2.24) is 20.3 Å². The lowest BCUT2D eigenvalue weighted by molar-refractivity contribution is 0.375. The highest BCUT2D eigenvalue weighted by Crippen LogP contribution is 2.26. The molecule has 0 radical (unpaired) electrons. The van der Waals surface area contributed by atoms with Crippen LogP contribution in [0.1, 0.15) is 31.2 Å². The van der Waals surface area contributed by atoms with Crippen LogP contribution in [0.3, 0.4) is 0 Å². The highest BCUT2D eigenvalue weighted by molar-refractivity contribution is 5.65. The van der Waals surface area contributed by atoms with E-state index >= 15 is 0 Å². The Morgan fingerprint density at radius 3 is 2.72 bits per heavy atom. The number of piperidine rings is 1. The normalized spacial score (nSPS) is 16.0. The zero-order valence-corrected chi connectivity index (χ0v) is 17.3. The summed E-state index contributed by atoms with van der Waals surface area (Å²) in [6.45, 7) is 6.35. The molecule has 150 valence electrons. The third kappa shape index (κ3) is 5.18. The summed E-state index contributed by atoms with van der Waals surface area (Å²) in [5.41, 5.74) is 4.71. The summed E-state index contributed by atoms with van der Waals surface area (Å²) in [6, 6.07) is 15.9. The van der Waals surface area contributed by atoms with Crippen molar-refractivity contribution in [2.24, 2.45) is 0 Å². The van der Waals surface area contributed by atoms with Crippen LogP contribution in [-0.2, 0) is 6.42 Å². The maximum Gasteiger partial charge on any atom is 0.125 e. The van der Waals surface area contributed by atoms with Crippen molar-refractivity contribution < 1.29 is 0 Å². The Labute approximate surface area is 173 Å². The lowest BCUT2D eigenvalue weighted by atomic mass is 10.0. The van der Waals surface area contributed by atoms with Crippen molar-refractivity contribution >= 4 is 5.69 Å². The maximum absolute atomic E-state index is 4.56. The van der Waals surface area contributed by atoms with Crippen LogP contribution >= 0.6 is 0 Å². The summed E-state index contributed by atoms with van der Waals surface area (Å²) in [6.07, 6.45) is 8.97. The van der Waals surface area contributed by atoms with E-state index in [1.54, 1.807) is 0 Å². The van der Waals surface area contributed by atoms with Gasteiger partial charge < -0.3 is 10.2 Å². The van der Waals surface area contributed by atoms with Gasteiger partial charge in [0, 0.05) is 55.0 Å². The SMILES string of the molecule is Cc1nccc(-c2cccc(N3CCC(N[C@@H](C)Cc4cccnc4)CC3)c2)n1. The number of anilines is 1. The third-order valence-corrected chi connectivity index (χ3v) is 5.56. The van der Waals surface area contributed by atoms with Gasteiger partial charge in [-0.2, -0.15) is 0 Å². The summed E-state index contributed by atoms with van der Waals surface area (Å²) in [7, 11) is 0. The van der Waals surface area contributed by atoms with E-state index in [1.165, 1.54) is 11.3 Å². The Balaban J connectivity index is 1.33. The molecule has 1 aliphatic rings. The summed E-state index contributed by atoms with van der Waals surface area (Å²) in [5, 5.41) is 3.81. The number of aromatic nitrogens is 3. The molecule has 5 heteroatoms. The quantitative estimate of drug-likeness (QED) is 0.692. The first-order valence-electron chi connectivity index (χ1n) is 10.5. The number of pyridine rings is 1. The molecule has 1 atom stereocenters. The molecule has 1 N–H and O–H groups in total. The molecule has 1 fully saturated rings. The molecule has 5 nitrogen and oxygen atoms in total. The van der Waals surface area contributed by atoms with Gasteiger partial charge in [-0.3, -0.25) is 4.98 Å². The van der Waals surface area contributed by atoms with Crippen molar-refractivity contribution in [2.45, 2.75) is 45.2 Å². The molecule has 1 saturated heterocycles. The molecular formula is C24H29N5. The number of aryl methyl sites for hydroxylation is 1. The van der Waals surface area contributed by atoms with Crippen LogP contribution in [0, 0.1) is 6.92 Å². The van der Waals surface area contributed by atoms with Gasteiger partial charge in [0.15, 0.2) is 0 Å². The number of benzene rings is 1. The molecule has 0 bridgehead atoms. The van der Waals surface area contributed by atoms with Gasteiger partial charge in [-0.25, -0.2) is 9.97 Å². The van der Waals surface area contributed by atoms with Crippen LogP contribution in [0.15, 0.2) is 61.1 Å². The van der Waals surface area contributed by atoms with Crippen molar-refractivity contribution in [2.75, 3.05) is 18.0 Å². The Hall–Kier alpha value is -2.79. The molecule has 3 aromatic rings. The number of hydrogen-bond donors (Lipinski definition) is 1. The molecule has 1 aliphatic heterocycles. The zero-order chi connectivity index (χ0) is 20.1. The summed E-state index contributed by atoms with van der Waals surface area (Å²) in [4.78, 5) is 15.5. The molecule has 0 spiro atoms. The van der Waals surface area contributed by atoms with Gasteiger partial charge in [0.25, 0.3) is 0 Å². The van der Waals surface area contributed by atoms with E-state index in [9.17, 15) is 0 Å². The van der Waals surface area contributed by atoms with Gasteiger partial charge in [0.2, 0.25) is 0 Å². The summed E-state index contributed by atoms with van der Waals surface area (Å²) >= 11 is 0. The zero-order valence-electron chi connectivity index (χ0n) is 17.3. The molecule has 0 unspecified atom stereocenters. The minimum atomic E-state index is 0.458. The van der Waals surface area contributed by atoms with Gasteiger partial charge in [-0.05, 0) is 62.9 Å². The molecule has 29 heavy (non-hydrogen) atoms. The molecule has 0 saturated carbocycles. The average Bonchev–Trinajstić information content (AvgIpc) is 2.75. The molecule has 4 rings (SSSR count). The fraction of sp³-hybridized carbons (Fsp3) is 0.375. The van der Waals surface area contributed by atoms with Crippen molar-refractivity contribution in [3.63, 3.8) is 0 Å². The Kier molecular flexibility index (Phi) is 6.15. The molecule has 3 heterocycles. The predicted octanol–water partition coefficient (Wildman–Crippen LogP) is 4.04. The summed E-state index contributed by atoms with van der Waals surface area (Å²) < 4.78 is 0. The number of nitrogens with one attached hydrogen (secondary N) is 1. The Bertz CT molecular complexity index is 919. The number of hydrogen-bond acceptors (Lipinski definition) is 5. The highest BCUT2D eigenvalue weighted by atomic mass is 15.1. The second kappa shape index (κ2) is 9.14. The van der Waals surface area contributed by atoms with Crippen molar-refractivity contribution in [3.05, 3.63) is 72.4 Å². The Morgan fingerprint density at radius 1 is 1.10 bits per heavy atom. The van der Waals surface area contributed by atoms with Gasteiger partial charge in [-0.15, -0.1) is 0 Å². The van der Waals surface area contributed by atoms with Gasteiger partial charge >= 0.3 is 0 Å². The van der Waals surface area contributed by atoms with E-state index in [0.29, 0.717) is 12.1 Å². The first kappa shape index (κ1) is 19.5. The average molecular weight is 388 g/mol. The highest BCUT2D eigenvalue weighted by Gasteiger charge is 2.21.